The van der Waals surface area contributed by atoms with Crippen LogP contribution in [0.3, 0.4) is 0 Å². The van der Waals surface area contributed by atoms with Crippen molar-refractivity contribution in [1.29, 1.82) is 0 Å². The summed E-state index contributed by atoms with van der Waals surface area (Å²) in [4.78, 5) is 16.4. The molecule has 3 rings (SSSR count). The minimum atomic E-state index is -0.735. The molecule has 1 saturated carbocycles. The molecule has 0 aromatic heterocycles. The van der Waals surface area contributed by atoms with Crippen molar-refractivity contribution in [1.82, 2.24) is 10.2 Å². The van der Waals surface area contributed by atoms with E-state index in [4.69, 9.17) is 0 Å². The highest BCUT2D eigenvalue weighted by molar-refractivity contribution is 5.78. The first-order valence-electron chi connectivity index (χ1n) is 9.18. The summed E-state index contributed by atoms with van der Waals surface area (Å²) in [7, 11) is 0. The van der Waals surface area contributed by atoms with E-state index in [1.165, 1.54) is 5.69 Å². The Morgan fingerprint density at radius 2 is 1.76 bits per heavy atom. The van der Waals surface area contributed by atoms with Gasteiger partial charge in [-0.3, -0.25) is 9.69 Å². The van der Waals surface area contributed by atoms with Crippen LogP contribution in [-0.2, 0) is 4.79 Å². The molecule has 2 fully saturated rings. The lowest BCUT2D eigenvalue weighted by Gasteiger charge is -2.41. The minimum Gasteiger partial charge on any atom is -0.391 e. The van der Waals surface area contributed by atoms with Crippen LogP contribution < -0.4 is 10.2 Å². The topological polar surface area (TPSA) is 76.0 Å². The van der Waals surface area contributed by atoms with E-state index < -0.39 is 12.2 Å². The molecule has 6 heteroatoms. The van der Waals surface area contributed by atoms with E-state index >= 15 is 0 Å². The van der Waals surface area contributed by atoms with Gasteiger partial charge in [-0.2, -0.15) is 0 Å². The van der Waals surface area contributed by atoms with Gasteiger partial charge in [-0.1, -0.05) is 32.0 Å². The van der Waals surface area contributed by atoms with Crippen molar-refractivity contribution in [2.45, 2.75) is 44.6 Å². The summed E-state index contributed by atoms with van der Waals surface area (Å²) < 4.78 is 0. The second-order valence-corrected chi connectivity index (χ2v) is 7.41. The number of hydrogen-bond donors (Lipinski definition) is 3. The van der Waals surface area contributed by atoms with Crippen LogP contribution in [0.1, 0.15) is 20.3 Å². The van der Waals surface area contributed by atoms with Crippen molar-refractivity contribution in [3.8, 4) is 0 Å². The van der Waals surface area contributed by atoms with E-state index in [0.717, 1.165) is 26.2 Å². The van der Waals surface area contributed by atoms with Gasteiger partial charge in [-0.05, 0) is 18.6 Å². The Kier molecular flexibility index (Phi) is 5.61. The summed E-state index contributed by atoms with van der Waals surface area (Å²) in [5, 5.41) is 24.0. The molecular formula is C19H29N3O3. The van der Waals surface area contributed by atoms with Crippen LogP contribution in [-0.4, -0.2) is 71.5 Å². The number of amides is 1. The van der Waals surface area contributed by atoms with Gasteiger partial charge >= 0.3 is 0 Å². The Morgan fingerprint density at radius 1 is 1.12 bits per heavy atom. The molecule has 1 aliphatic heterocycles. The summed E-state index contributed by atoms with van der Waals surface area (Å²) in [6, 6.07) is 9.61. The molecule has 1 saturated heterocycles. The highest BCUT2D eigenvalue weighted by atomic mass is 16.3. The average molecular weight is 347 g/mol. The lowest BCUT2D eigenvalue weighted by Crippen LogP contribution is -2.57. The number of aliphatic hydroxyl groups excluding tert-OH is 2. The van der Waals surface area contributed by atoms with Crippen molar-refractivity contribution >= 4 is 11.6 Å². The standard InChI is InChI=1S/C19H29N3O3/c1-13(2)19(25)20-15-12-16(23)17(18(15)24)22-10-8-21(9-11-22)14-6-4-3-5-7-14/h3-7,13,15-18,23-24H,8-12H2,1-2H3,(H,20,25)/t15-,16+,17-,18-/m1/s1. The van der Waals surface area contributed by atoms with Gasteiger partial charge in [0.15, 0.2) is 0 Å². The molecular weight excluding hydrogens is 318 g/mol. The normalized spacial score (nSPS) is 30.7. The van der Waals surface area contributed by atoms with E-state index in [0.29, 0.717) is 6.42 Å². The molecule has 0 unspecified atom stereocenters. The molecule has 1 aromatic rings. The first-order valence-corrected chi connectivity index (χ1v) is 9.18. The van der Waals surface area contributed by atoms with Crippen molar-refractivity contribution < 1.29 is 15.0 Å². The van der Waals surface area contributed by atoms with Crippen LogP contribution in [0.2, 0.25) is 0 Å². The van der Waals surface area contributed by atoms with Gasteiger partial charge in [0.25, 0.3) is 0 Å². The molecule has 2 aliphatic rings. The van der Waals surface area contributed by atoms with Gasteiger partial charge in [0.1, 0.15) is 0 Å². The Labute approximate surface area is 149 Å². The van der Waals surface area contributed by atoms with Crippen LogP contribution in [0.4, 0.5) is 5.69 Å². The smallest absolute Gasteiger partial charge is 0.222 e. The first kappa shape index (κ1) is 18.2. The number of piperazine rings is 1. The number of para-hydroxylation sites is 1. The number of aliphatic hydroxyl groups is 2. The Bertz CT molecular complexity index is 573. The third-order valence-electron chi connectivity index (χ3n) is 5.36. The lowest BCUT2D eigenvalue weighted by molar-refractivity contribution is -0.125. The minimum absolute atomic E-state index is 0.0780. The summed E-state index contributed by atoms with van der Waals surface area (Å²) in [6.45, 7) is 6.96. The fraction of sp³-hybridized carbons (Fsp3) is 0.632. The Hall–Kier alpha value is -1.63. The van der Waals surface area contributed by atoms with Crippen LogP contribution in [0.25, 0.3) is 0 Å². The zero-order valence-electron chi connectivity index (χ0n) is 15.0. The molecule has 0 radical (unpaired) electrons. The molecule has 3 N–H and O–H groups in total. The number of carbonyl (C=O) groups is 1. The second kappa shape index (κ2) is 7.72. The van der Waals surface area contributed by atoms with Gasteiger partial charge in [0.05, 0.1) is 24.3 Å². The maximum absolute atomic E-state index is 11.9. The molecule has 0 bridgehead atoms. The monoisotopic (exact) mass is 347 g/mol. The number of benzene rings is 1. The first-order chi connectivity index (χ1) is 12.0. The van der Waals surface area contributed by atoms with E-state index in [9.17, 15) is 15.0 Å². The summed E-state index contributed by atoms with van der Waals surface area (Å²) in [5.41, 5.74) is 1.21. The lowest BCUT2D eigenvalue weighted by atomic mass is 10.1. The number of nitrogens with one attached hydrogen (secondary N) is 1. The average Bonchev–Trinajstić information content (AvgIpc) is 2.89. The van der Waals surface area contributed by atoms with Crippen molar-refractivity contribution in [2.75, 3.05) is 31.1 Å². The maximum Gasteiger partial charge on any atom is 0.222 e. The molecule has 6 nitrogen and oxygen atoms in total. The molecule has 1 amide bonds. The van der Waals surface area contributed by atoms with E-state index in [-0.39, 0.29) is 23.9 Å². The largest absolute Gasteiger partial charge is 0.391 e. The molecule has 0 spiro atoms. The van der Waals surface area contributed by atoms with Crippen molar-refractivity contribution in [3.05, 3.63) is 30.3 Å². The SMILES string of the molecule is CC(C)C(=O)N[C@@H]1C[C@H](O)[C@@H](N2CCN(c3ccccc3)CC2)[C@@H]1O. The van der Waals surface area contributed by atoms with Crippen LogP contribution in [0, 0.1) is 5.92 Å². The molecule has 4 atom stereocenters. The summed E-state index contributed by atoms with van der Waals surface area (Å²) >= 11 is 0. The highest BCUT2D eigenvalue weighted by Gasteiger charge is 2.45. The zero-order valence-corrected chi connectivity index (χ0v) is 15.0. The second-order valence-electron chi connectivity index (χ2n) is 7.41. The van der Waals surface area contributed by atoms with Gasteiger partial charge in [-0.15, -0.1) is 0 Å². The Morgan fingerprint density at radius 3 is 2.36 bits per heavy atom. The van der Waals surface area contributed by atoms with Crippen molar-refractivity contribution in [2.24, 2.45) is 5.92 Å². The molecule has 25 heavy (non-hydrogen) atoms. The predicted molar refractivity (Wildman–Crippen MR) is 97.4 cm³/mol. The Balaban J connectivity index is 1.58. The quantitative estimate of drug-likeness (QED) is 0.737. The van der Waals surface area contributed by atoms with Crippen LogP contribution in [0.15, 0.2) is 30.3 Å². The van der Waals surface area contributed by atoms with Gasteiger partial charge < -0.3 is 20.4 Å². The third kappa shape index (κ3) is 3.97. The number of nitrogens with zero attached hydrogens (tertiary/aromatic N) is 2. The molecule has 1 heterocycles. The van der Waals surface area contributed by atoms with E-state index in [1.54, 1.807) is 0 Å². The fourth-order valence-electron chi connectivity index (χ4n) is 3.87. The number of rotatable bonds is 4. The number of anilines is 1. The maximum atomic E-state index is 11.9. The van der Waals surface area contributed by atoms with Crippen LogP contribution in [0.5, 0.6) is 0 Å². The predicted octanol–water partition coefficient (Wildman–Crippen LogP) is 0.444. The molecule has 1 aromatic carbocycles. The van der Waals surface area contributed by atoms with E-state index in [2.05, 4.69) is 27.2 Å². The summed E-state index contributed by atoms with van der Waals surface area (Å²) in [6.07, 6.45) is -0.944. The van der Waals surface area contributed by atoms with Gasteiger partial charge in [0.2, 0.25) is 5.91 Å². The highest BCUT2D eigenvalue weighted by Crippen LogP contribution is 2.27. The van der Waals surface area contributed by atoms with Gasteiger partial charge in [-0.25, -0.2) is 0 Å². The summed E-state index contributed by atoms with van der Waals surface area (Å²) in [5.74, 6) is -0.205. The van der Waals surface area contributed by atoms with Crippen LogP contribution >= 0.6 is 0 Å². The van der Waals surface area contributed by atoms with Gasteiger partial charge in [0, 0.05) is 37.8 Å². The number of carbonyl (C=O) groups excluding carboxylic acids is 1. The molecule has 1 aliphatic carbocycles. The third-order valence-corrected chi connectivity index (χ3v) is 5.36. The van der Waals surface area contributed by atoms with E-state index in [1.807, 2.05) is 32.0 Å². The van der Waals surface area contributed by atoms with Crippen molar-refractivity contribution in [3.63, 3.8) is 0 Å². The zero-order chi connectivity index (χ0) is 18.0. The fourth-order valence-corrected chi connectivity index (χ4v) is 3.87. The molecule has 138 valence electrons. The number of hydrogen-bond acceptors (Lipinski definition) is 5.